The molecule has 0 aromatic heterocycles. The van der Waals surface area contributed by atoms with Gasteiger partial charge >= 0.3 is 0 Å². The Kier molecular flexibility index (Phi) is 6.00. The molecule has 1 N–H and O–H groups in total. The maximum atomic E-state index is 11.9. The molecule has 1 atom stereocenters. The first-order valence-corrected chi connectivity index (χ1v) is 7.74. The van der Waals surface area contributed by atoms with Gasteiger partial charge in [-0.15, -0.1) is 0 Å². The summed E-state index contributed by atoms with van der Waals surface area (Å²) >= 11 is 11.8. The third-order valence-corrected chi connectivity index (χ3v) is 3.96. The van der Waals surface area contributed by atoms with Gasteiger partial charge in [-0.05, 0) is 30.7 Å². The minimum atomic E-state index is -0.528. The lowest BCUT2D eigenvalue weighted by atomic mass is 10.1. The first-order chi connectivity index (χ1) is 11.4. The van der Waals surface area contributed by atoms with Gasteiger partial charge in [0.15, 0.2) is 6.61 Å². The molecular formula is C16H14Cl2N2O4. The second-order valence-electron chi connectivity index (χ2n) is 5.01. The first-order valence-electron chi connectivity index (χ1n) is 6.98. The Balaban J connectivity index is 1.92. The number of hydrogen-bond acceptors (Lipinski definition) is 4. The SMILES string of the molecule is C[C@@H](NC(=O)COc1cccc([N+](=O)[O-])c1)c1ccc(Cl)c(Cl)c1. The second-order valence-corrected chi connectivity index (χ2v) is 5.82. The summed E-state index contributed by atoms with van der Waals surface area (Å²) in [6.07, 6.45) is 0. The summed E-state index contributed by atoms with van der Waals surface area (Å²) in [5.41, 5.74) is 0.699. The van der Waals surface area contributed by atoms with Crippen LogP contribution in [0.2, 0.25) is 10.0 Å². The molecule has 0 saturated carbocycles. The highest BCUT2D eigenvalue weighted by molar-refractivity contribution is 6.42. The van der Waals surface area contributed by atoms with Crippen molar-refractivity contribution in [3.8, 4) is 5.75 Å². The Morgan fingerprint density at radius 3 is 2.67 bits per heavy atom. The number of carbonyl (C=O) groups excluding carboxylic acids is 1. The molecule has 0 saturated heterocycles. The predicted molar refractivity (Wildman–Crippen MR) is 91.6 cm³/mol. The zero-order valence-corrected chi connectivity index (χ0v) is 14.2. The first kappa shape index (κ1) is 18.0. The van der Waals surface area contributed by atoms with Crippen molar-refractivity contribution < 1.29 is 14.5 Å². The number of nitro groups is 1. The van der Waals surface area contributed by atoms with Crippen LogP contribution in [-0.2, 0) is 4.79 Å². The van der Waals surface area contributed by atoms with Crippen LogP contribution >= 0.6 is 23.2 Å². The average molecular weight is 369 g/mol. The van der Waals surface area contributed by atoms with Crippen LogP contribution in [0.5, 0.6) is 5.75 Å². The molecule has 0 radical (unpaired) electrons. The molecule has 0 heterocycles. The van der Waals surface area contributed by atoms with Crippen LogP contribution in [0.15, 0.2) is 42.5 Å². The summed E-state index contributed by atoms with van der Waals surface area (Å²) in [4.78, 5) is 22.1. The monoisotopic (exact) mass is 368 g/mol. The van der Waals surface area contributed by atoms with E-state index in [-0.39, 0.29) is 30.0 Å². The maximum Gasteiger partial charge on any atom is 0.273 e. The molecule has 8 heteroatoms. The van der Waals surface area contributed by atoms with Gasteiger partial charge in [0.05, 0.1) is 27.1 Å². The van der Waals surface area contributed by atoms with Crippen LogP contribution in [0.3, 0.4) is 0 Å². The normalized spacial score (nSPS) is 11.6. The Hall–Kier alpha value is -2.31. The van der Waals surface area contributed by atoms with Gasteiger partial charge in [0.1, 0.15) is 5.75 Å². The standard InChI is InChI=1S/C16H14Cl2N2O4/c1-10(11-5-6-14(17)15(18)7-11)19-16(21)9-24-13-4-2-3-12(8-13)20(22)23/h2-8,10H,9H2,1H3,(H,19,21)/t10-/m1/s1. The number of amides is 1. The molecule has 0 spiro atoms. The van der Waals surface area contributed by atoms with Crippen LogP contribution in [0.4, 0.5) is 5.69 Å². The second kappa shape index (κ2) is 7.99. The van der Waals surface area contributed by atoms with Gasteiger partial charge in [-0.3, -0.25) is 14.9 Å². The third-order valence-electron chi connectivity index (χ3n) is 3.22. The summed E-state index contributed by atoms with van der Waals surface area (Å²) in [7, 11) is 0. The fourth-order valence-electron chi connectivity index (χ4n) is 1.98. The molecule has 0 aliphatic carbocycles. The molecule has 1 amide bonds. The van der Waals surface area contributed by atoms with Crippen LogP contribution in [0.25, 0.3) is 0 Å². The van der Waals surface area contributed by atoms with Crippen molar-refractivity contribution >= 4 is 34.8 Å². The number of benzene rings is 2. The Morgan fingerprint density at radius 1 is 1.25 bits per heavy atom. The van der Waals surface area contributed by atoms with Crippen LogP contribution < -0.4 is 10.1 Å². The fraction of sp³-hybridized carbons (Fsp3) is 0.188. The summed E-state index contributed by atoms with van der Waals surface area (Å²) in [6, 6.07) is 10.4. The Bertz CT molecular complexity index is 767. The van der Waals surface area contributed by atoms with Gasteiger partial charge in [-0.25, -0.2) is 0 Å². The molecule has 0 unspecified atom stereocenters. The summed E-state index contributed by atoms with van der Waals surface area (Å²) in [5.74, 6) is -0.110. The lowest BCUT2D eigenvalue weighted by Gasteiger charge is -2.15. The lowest BCUT2D eigenvalue weighted by molar-refractivity contribution is -0.384. The van der Waals surface area contributed by atoms with E-state index in [2.05, 4.69) is 5.32 Å². The van der Waals surface area contributed by atoms with Crippen molar-refractivity contribution in [3.05, 3.63) is 68.2 Å². The Labute approximate surface area is 148 Å². The topological polar surface area (TPSA) is 81.5 Å². The third kappa shape index (κ3) is 4.84. The van der Waals surface area contributed by atoms with E-state index >= 15 is 0 Å². The summed E-state index contributed by atoms with van der Waals surface area (Å²) < 4.78 is 5.27. The van der Waals surface area contributed by atoms with E-state index in [1.54, 1.807) is 31.2 Å². The van der Waals surface area contributed by atoms with Crippen molar-refractivity contribution in [1.82, 2.24) is 5.32 Å². The van der Waals surface area contributed by atoms with Gasteiger partial charge in [-0.1, -0.05) is 35.3 Å². The van der Waals surface area contributed by atoms with Gasteiger partial charge in [0.25, 0.3) is 11.6 Å². The summed E-state index contributed by atoms with van der Waals surface area (Å²) in [6.45, 7) is 1.54. The zero-order valence-electron chi connectivity index (χ0n) is 12.7. The number of carbonyl (C=O) groups is 1. The van der Waals surface area contributed by atoms with Crippen molar-refractivity contribution in [2.75, 3.05) is 6.61 Å². The smallest absolute Gasteiger partial charge is 0.273 e. The van der Waals surface area contributed by atoms with Gasteiger partial charge in [0.2, 0.25) is 0 Å². The number of non-ortho nitro benzene ring substituents is 1. The summed E-state index contributed by atoms with van der Waals surface area (Å²) in [5, 5.41) is 14.3. The molecule has 0 fully saturated rings. The van der Waals surface area contributed by atoms with Gasteiger partial charge < -0.3 is 10.1 Å². The van der Waals surface area contributed by atoms with E-state index in [0.29, 0.717) is 10.0 Å². The number of rotatable bonds is 6. The molecule has 2 aromatic carbocycles. The quantitative estimate of drug-likeness (QED) is 0.612. The van der Waals surface area contributed by atoms with Crippen molar-refractivity contribution in [2.24, 2.45) is 0 Å². The van der Waals surface area contributed by atoms with E-state index < -0.39 is 4.92 Å². The number of nitrogens with one attached hydrogen (secondary N) is 1. The maximum absolute atomic E-state index is 11.9. The van der Waals surface area contributed by atoms with Crippen LogP contribution in [0.1, 0.15) is 18.5 Å². The van der Waals surface area contributed by atoms with Crippen molar-refractivity contribution in [3.63, 3.8) is 0 Å². The van der Waals surface area contributed by atoms with E-state index in [1.165, 1.54) is 18.2 Å². The molecule has 2 rings (SSSR count). The number of halogens is 2. The van der Waals surface area contributed by atoms with Gasteiger partial charge in [-0.2, -0.15) is 0 Å². The molecule has 0 aliphatic heterocycles. The minimum Gasteiger partial charge on any atom is -0.484 e. The molecule has 2 aromatic rings. The minimum absolute atomic E-state index is 0.0999. The zero-order chi connectivity index (χ0) is 17.7. The molecule has 6 nitrogen and oxygen atoms in total. The number of hydrogen-bond donors (Lipinski definition) is 1. The largest absolute Gasteiger partial charge is 0.484 e. The van der Waals surface area contributed by atoms with E-state index in [9.17, 15) is 14.9 Å². The van der Waals surface area contributed by atoms with E-state index in [1.807, 2.05) is 0 Å². The highest BCUT2D eigenvalue weighted by Gasteiger charge is 2.12. The number of nitrogens with zero attached hydrogens (tertiary/aromatic N) is 1. The average Bonchev–Trinajstić information content (AvgIpc) is 2.55. The number of nitro benzene ring substituents is 1. The highest BCUT2D eigenvalue weighted by Crippen LogP contribution is 2.25. The molecule has 126 valence electrons. The molecule has 0 aliphatic rings. The molecule has 0 bridgehead atoms. The predicted octanol–water partition coefficient (Wildman–Crippen LogP) is 4.16. The van der Waals surface area contributed by atoms with Crippen LogP contribution in [-0.4, -0.2) is 17.4 Å². The number of ether oxygens (including phenoxy) is 1. The Morgan fingerprint density at radius 2 is 2.00 bits per heavy atom. The fourth-order valence-corrected chi connectivity index (χ4v) is 2.29. The van der Waals surface area contributed by atoms with E-state index in [4.69, 9.17) is 27.9 Å². The molecular weight excluding hydrogens is 355 g/mol. The molecule has 24 heavy (non-hydrogen) atoms. The van der Waals surface area contributed by atoms with E-state index in [0.717, 1.165) is 5.56 Å². The van der Waals surface area contributed by atoms with Crippen LogP contribution in [0, 0.1) is 10.1 Å². The lowest BCUT2D eigenvalue weighted by Crippen LogP contribution is -2.31. The highest BCUT2D eigenvalue weighted by atomic mass is 35.5. The van der Waals surface area contributed by atoms with Crippen molar-refractivity contribution in [1.29, 1.82) is 0 Å². The van der Waals surface area contributed by atoms with Gasteiger partial charge in [0, 0.05) is 6.07 Å². The van der Waals surface area contributed by atoms with Crippen molar-refractivity contribution in [2.45, 2.75) is 13.0 Å².